The Kier molecular flexibility index (Phi) is 7.58. The molecule has 0 spiro atoms. The van der Waals surface area contributed by atoms with Crippen molar-refractivity contribution < 1.29 is 0 Å². The highest BCUT2D eigenvalue weighted by Crippen LogP contribution is 2.53. The van der Waals surface area contributed by atoms with Crippen LogP contribution >= 0.6 is 0 Å². The van der Waals surface area contributed by atoms with Crippen LogP contribution < -0.4 is 0 Å². The molecule has 2 bridgehead atoms. The van der Waals surface area contributed by atoms with E-state index in [0.29, 0.717) is 29.2 Å². The third kappa shape index (κ3) is 5.93. The van der Waals surface area contributed by atoms with Gasteiger partial charge < -0.3 is 0 Å². The van der Waals surface area contributed by atoms with E-state index in [9.17, 15) is 0 Å². The smallest absolute Gasteiger partial charge is 0.164 e. The Morgan fingerprint density at radius 3 is 1.20 bits per heavy atom. The maximum absolute atomic E-state index is 5.07. The summed E-state index contributed by atoms with van der Waals surface area (Å²) >= 11 is 0. The molecule has 2 saturated carbocycles. The summed E-state index contributed by atoms with van der Waals surface area (Å²) in [5.74, 6) is 5.14. The summed E-state index contributed by atoms with van der Waals surface area (Å²) in [5, 5.41) is 0. The highest BCUT2D eigenvalue weighted by molar-refractivity contribution is 5.74. The molecule has 5 nitrogen and oxygen atoms in total. The largest absolute Gasteiger partial charge is 0.228 e. The van der Waals surface area contributed by atoms with Crippen molar-refractivity contribution in [3.8, 4) is 68.1 Å². The second-order valence-electron chi connectivity index (χ2n) is 13.3. The van der Waals surface area contributed by atoms with E-state index < -0.39 is 0 Å². The minimum atomic E-state index is 0.628. The Bertz CT molecular complexity index is 2160. The fraction of sp³-hybridized carbons (Fsp3) is 0.159. The van der Waals surface area contributed by atoms with Crippen LogP contribution in [0.5, 0.6) is 0 Å². The molecule has 2 aliphatic rings. The average molecular weight is 634 g/mol. The number of hydrogen-bond donors (Lipinski definition) is 0. The summed E-state index contributed by atoms with van der Waals surface area (Å²) < 4.78 is 0. The van der Waals surface area contributed by atoms with Crippen LogP contribution in [-0.4, -0.2) is 24.9 Å². The second kappa shape index (κ2) is 12.7. The average Bonchev–Trinajstić information content (AvgIpc) is 3.83. The van der Waals surface area contributed by atoms with Gasteiger partial charge in [0.2, 0.25) is 0 Å². The van der Waals surface area contributed by atoms with Crippen LogP contribution in [0.4, 0.5) is 0 Å². The maximum atomic E-state index is 5.07. The first-order chi connectivity index (χ1) is 24.2. The monoisotopic (exact) mass is 633 g/mol. The summed E-state index contributed by atoms with van der Waals surface area (Å²) in [4.78, 5) is 24.8. The Hall–Kier alpha value is -5.81. The zero-order chi connectivity index (χ0) is 32.6. The number of rotatable bonds is 7. The van der Waals surface area contributed by atoms with E-state index in [2.05, 4.69) is 66.7 Å². The number of benzene rings is 5. The number of fused-ring (bicyclic) bond motifs is 2. The molecular formula is C44H35N5. The molecule has 2 heterocycles. The third-order valence-electron chi connectivity index (χ3n) is 10.3. The lowest BCUT2D eigenvalue weighted by atomic mass is 9.83. The first-order valence-corrected chi connectivity index (χ1v) is 17.3. The highest BCUT2D eigenvalue weighted by atomic mass is 15.0. The first-order valence-electron chi connectivity index (χ1n) is 17.3. The Balaban J connectivity index is 1.08. The van der Waals surface area contributed by atoms with Gasteiger partial charge in [0, 0.05) is 33.4 Å². The zero-order valence-corrected chi connectivity index (χ0v) is 27.2. The van der Waals surface area contributed by atoms with Crippen LogP contribution in [0, 0.1) is 11.8 Å². The van der Waals surface area contributed by atoms with Gasteiger partial charge in [-0.25, -0.2) is 24.9 Å². The van der Waals surface area contributed by atoms with Crippen LogP contribution in [0.2, 0.25) is 0 Å². The fourth-order valence-corrected chi connectivity index (χ4v) is 7.74. The molecule has 49 heavy (non-hydrogen) atoms. The van der Waals surface area contributed by atoms with Gasteiger partial charge in [0.1, 0.15) is 0 Å². The van der Waals surface area contributed by atoms with Gasteiger partial charge in [-0.1, -0.05) is 146 Å². The molecule has 2 fully saturated rings. The molecule has 0 amide bonds. The number of aromatic nitrogens is 5. The Labute approximate surface area is 286 Å². The molecule has 0 saturated heterocycles. The summed E-state index contributed by atoms with van der Waals surface area (Å²) in [7, 11) is 0. The third-order valence-corrected chi connectivity index (χ3v) is 10.3. The molecule has 0 radical (unpaired) electrons. The normalized spacial score (nSPS) is 18.1. The van der Waals surface area contributed by atoms with Gasteiger partial charge in [-0.15, -0.1) is 0 Å². The van der Waals surface area contributed by atoms with Gasteiger partial charge in [-0.2, -0.15) is 0 Å². The summed E-state index contributed by atoms with van der Waals surface area (Å²) in [5.41, 5.74) is 9.19. The van der Waals surface area contributed by atoms with Crippen molar-refractivity contribution in [3.05, 3.63) is 151 Å². The Morgan fingerprint density at radius 2 is 0.776 bits per heavy atom. The molecule has 9 rings (SSSR count). The van der Waals surface area contributed by atoms with Crippen molar-refractivity contribution in [2.75, 3.05) is 0 Å². The molecule has 2 aromatic heterocycles. The van der Waals surface area contributed by atoms with Crippen molar-refractivity contribution in [1.82, 2.24) is 24.9 Å². The quantitative estimate of drug-likeness (QED) is 0.175. The van der Waals surface area contributed by atoms with Crippen molar-refractivity contribution in [2.24, 2.45) is 11.8 Å². The zero-order valence-electron chi connectivity index (χ0n) is 27.2. The van der Waals surface area contributed by atoms with Crippen molar-refractivity contribution >= 4 is 0 Å². The van der Waals surface area contributed by atoms with Crippen LogP contribution in [-0.2, 0) is 0 Å². The molecule has 5 aromatic carbocycles. The van der Waals surface area contributed by atoms with Gasteiger partial charge in [0.15, 0.2) is 23.3 Å². The van der Waals surface area contributed by atoms with Gasteiger partial charge in [0.05, 0.1) is 11.4 Å². The first kappa shape index (κ1) is 29.3. The molecule has 3 atom stereocenters. The van der Waals surface area contributed by atoms with Crippen LogP contribution in [0.25, 0.3) is 68.1 Å². The molecule has 5 heteroatoms. The molecule has 2 aliphatic carbocycles. The predicted molar refractivity (Wildman–Crippen MR) is 196 cm³/mol. The van der Waals surface area contributed by atoms with E-state index in [-0.39, 0.29) is 0 Å². The van der Waals surface area contributed by atoms with Crippen molar-refractivity contribution in [2.45, 2.75) is 31.6 Å². The van der Waals surface area contributed by atoms with E-state index in [1.54, 1.807) is 0 Å². The minimum absolute atomic E-state index is 0.628. The second-order valence-corrected chi connectivity index (χ2v) is 13.3. The number of nitrogens with zero attached hydrogens (tertiary/aromatic N) is 5. The van der Waals surface area contributed by atoms with Crippen molar-refractivity contribution in [3.63, 3.8) is 0 Å². The summed E-state index contributed by atoms with van der Waals surface area (Å²) in [6.07, 6.45) is 5.57. The van der Waals surface area contributed by atoms with Crippen LogP contribution in [0.15, 0.2) is 146 Å². The molecule has 7 aromatic rings. The maximum Gasteiger partial charge on any atom is 0.164 e. The molecule has 236 valence electrons. The molecule has 3 unspecified atom stereocenters. The van der Waals surface area contributed by atoms with E-state index in [1.165, 1.54) is 31.2 Å². The summed E-state index contributed by atoms with van der Waals surface area (Å²) in [6, 6.07) is 50.0. The van der Waals surface area contributed by atoms with E-state index in [4.69, 9.17) is 24.9 Å². The fourth-order valence-electron chi connectivity index (χ4n) is 7.74. The predicted octanol–water partition coefficient (Wildman–Crippen LogP) is 10.6. The lowest BCUT2D eigenvalue weighted by molar-refractivity contribution is 0.420. The lowest BCUT2D eigenvalue weighted by Gasteiger charge is -2.22. The molecular weight excluding hydrogens is 599 g/mol. The lowest BCUT2D eigenvalue weighted by Crippen LogP contribution is -2.08. The molecule has 0 N–H and O–H groups in total. The highest BCUT2D eigenvalue weighted by Gasteiger charge is 2.40. The van der Waals surface area contributed by atoms with Gasteiger partial charge in [0.25, 0.3) is 0 Å². The van der Waals surface area contributed by atoms with E-state index >= 15 is 0 Å². The topological polar surface area (TPSA) is 64.5 Å². The van der Waals surface area contributed by atoms with Gasteiger partial charge >= 0.3 is 0 Å². The minimum Gasteiger partial charge on any atom is -0.228 e. The number of hydrogen-bond acceptors (Lipinski definition) is 5. The molecule has 0 aliphatic heterocycles. The van der Waals surface area contributed by atoms with Crippen LogP contribution in [0.1, 0.15) is 37.2 Å². The van der Waals surface area contributed by atoms with Gasteiger partial charge in [-0.05, 0) is 48.6 Å². The SMILES string of the molecule is c1ccc(-c2nc(-c3ccc(-c4nc(-c5ccccc5)nc(-c5ccccc5)n4)cc3)cc(-c3ccc(C4CC5CCC4C5)cc3)n2)cc1. The van der Waals surface area contributed by atoms with E-state index in [1.807, 2.05) is 78.9 Å². The Morgan fingerprint density at radius 1 is 0.367 bits per heavy atom. The van der Waals surface area contributed by atoms with Crippen molar-refractivity contribution in [1.29, 1.82) is 0 Å². The van der Waals surface area contributed by atoms with E-state index in [0.717, 1.165) is 56.6 Å². The standard InChI is InChI=1S/C44H35N5/c1-4-10-33(11-5-1)41-45-39(31-20-18-30(19-21-31)38-27-29-16-17-37(38)26-29)28-40(46-41)32-22-24-36(25-23-32)44-48-42(34-12-6-2-7-13-34)47-43(49-44)35-14-8-3-9-15-35/h1-15,18-25,28-29,37-38H,16-17,26-27H2. The van der Waals surface area contributed by atoms with Crippen LogP contribution in [0.3, 0.4) is 0 Å². The van der Waals surface area contributed by atoms with Gasteiger partial charge in [-0.3, -0.25) is 0 Å². The summed E-state index contributed by atoms with van der Waals surface area (Å²) in [6.45, 7) is 0.